The summed E-state index contributed by atoms with van der Waals surface area (Å²) in [4.78, 5) is 11.8. The number of nitrogens with one attached hydrogen (secondary N) is 2. The molecule has 10 heteroatoms. The summed E-state index contributed by atoms with van der Waals surface area (Å²) in [5.41, 5.74) is 11.6. The number of carbonyl (C=O) groups is 1. The van der Waals surface area contributed by atoms with Crippen LogP contribution < -0.4 is 27.5 Å². The number of para-hydroxylation sites is 1. The number of carbonyl (C=O) groups excluding carboxylic acids is 1. The van der Waals surface area contributed by atoms with E-state index in [1.807, 2.05) is 19.2 Å². The van der Waals surface area contributed by atoms with Gasteiger partial charge in [0.25, 0.3) is 0 Å². The Morgan fingerprint density at radius 3 is 2.53 bits per heavy atom. The smallest absolute Gasteiger partial charge is 0.172 e. The largest absolute Gasteiger partial charge is 0.505 e. The molecule has 4 rings (SSSR count). The van der Waals surface area contributed by atoms with Gasteiger partial charge in [0, 0.05) is 18.2 Å². The second kappa shape index (κ2) is 10.7. The highest BCUT2D eigenvalue weighted by Gasteiger charge is 2.15. The summed E-state index contributed by atoms with van der Waals surface area (Å²) in [6.45, 7) is 1.70. The minimum atomic E-state index is -0.0376. The molecule has 184 valence electrons. The van der Waals surface area contributed by atoms with Crippen molar-refractivity contribution in [2.24, 2.45) is 27.0 Å². The topological polar surface area (TPSA) is 154 Å². The molecule has 0 radical (unpaired) electrons. The number of hydrogen-bond donors (Lipinski definition) is 5. The van der Waals surface area contributed by atoms with Gasteiger partial charge in [-0.05, 0) is 60.7 Å². The van der Waals surface area contributed by atoms with E-state index < -0.39 is 0 Å². The first-order valence-electron chi connectivity index (χ1n) is 11.3. The number of hydrogen-bond acceptors (Lipinski definition) is 9. The average Bonchev–Trinajstić information content (AvgIpc) is 2.87. The van der Waals surface area contributed by atoms with Crippen LogP contribution in [-0.4, -0.2) is 35.7 Å². The van der Waals surface area contributed by atoms with Crippen molar-refractivity contribution in [1.29, 1.82) is 0 Å². The number of amidine groups is 1. The number of aldehydes is 1. The zero-order valence-electron chi connectivity index (χ0n) is 20.1. The molecule has 10 nitrogen and oxygen atoms in total. The highest BCUT2D eigenvalue weighted by atomic mass is 16.3. The van der Waals surface area contributed by atoms with E-state index in [0.29, 0.717) is 40.2 Å². The molecule has 3 aromatic rings. The van der Waals surface area contributed by atoms with Crippen LogP contribution in [0.5, 0.6) is 5.75 Å². The van der Waals surface area contributed by atoms with Gasteiger partial charge in [-0.2, -0.15) is 15.3 Å². The first-order chi connectivity index (χ1) is 17.4. The van der Waals surface area contributed by atoms with E-state index >= 15 is 0 Å². The normalized spacial score (nSPS) is 13.5. The predicted molar refractivity (Wildman–Crippen MR) is 144 cm³/mol. The first kappa shape index (κ1) is 24.4. The molecule has 0 unspecified atom stereocenters. The number of aryl methyl sites for hydroxylation is 2. The molecule has 3 aromatic carbocycles. The maximum atomic E-state index is 11.8. The van der Waals surface area contributed by atoms with Crippen molar-refractivity contribution < 1.29 is 9.90 Å². The summed E-state index contributed by atoms with van der Waals surface area (Å²) in [5, 5.41) is 24.9. The zero-order valence-corrected chi connectivity index (χ0v) is 20.1. The molecule has 0 aromatic heterocycles. The van der Waals surface area contributed by atoms with E-state index in [0.717, 1.165) is 18.5 Å². The van der Waals surface area contributed by atoms with Gasteiger partial charge < -0.3 is 16.4 Å². The van der Waals surface area contributed by atoms with Gasteiger partial charge in [-0.3, -0.25) is 15.2 Å². The third-order valence-electron chi connectivity index (χ3n) is 6.06. The van der Waals surface area contributed by atoms with Crippen LogP contribution in [0.15, 0.2) is 76.0 Å². The number of anilines is 2. The number of nitrogens with two attached hydrogens (primary N) is 2. The van der Waals surface area contributed by atoms with Crippen molar-refractivity contribution in [3.05, 3.63) is 77.4 Å². The molecule has 1 aliphatic carbocycles. The Labute approximate surface area is 209 Å². The summed E-state index contributed by atoms with van der Waals surface area (Å²) >= 11 is 0. The molecule has 0 spiro atoms. The molecule has 7 N–H and O–H groups in total. The van der Waals surface area contributed by atoms with Gasteiger partial charge >= 0.3 is 0 Å². The number of rotatable bonds is 8. The maximum Gasteiger partial charge on any atom is 0.172 e. The maximum absolute atomic E-state index is 11.8. The fourth-order valence-corrected chi connectivity index (χ4v) is 3.93. The van der Waals surface area contributed by atoms with Crippen LogP contribution >= 0.6 is 0 Å². The number of fused-ring (bicyclic) bond motifs is 1. The Kier molecular flexibility index (Phi) is 7.26. The second-order valence-electron chi connectivity index (χ2n) is 8.29. The van der Waals surface area contributed by atoms with Crippen LogP contribution in [-0.2, 0) is 17.6 Å². The number of hydrazine groups is 1. The molecule has 36 heavy (non-hydrogen) atoms. The highest BCUT2D eigenvalue weighted by molar-refractivity contribution is 6.61. The van der Waals surface area contributed by atoms with Crippen LogP contribution in [0, 0.1) is 0 Å². The van der Waals surface area contributed by atoms with Crippen molar-refractivity contribution in [2.75, 3.05) is 17.5 Å². The molecule has 0 fully saturated rings. The highest BCUT2D eigenvalue weighted by Crippen LogP contribution is 2.35. The van der Waals surface area contributed by atoms with E-state index in [1.54, 1.807) is 48.3 Å². The number of hydrazone groups is 3. The Hall–Kier alpha value is -4.70. The monoisotopic (exact) mass is 484 g/mol. The quantitative estimate of drug-likeness (QED) is 0.0822. The zero-order chi connectivity index (χ0) is 25.7. The van der Waals surface area contributed by atoms with Crippen LogP contribution in [0.2, 0.25) is 0 Å². The Balaban J connectivity index is 1.56. The van der Waals surface area contributed by atoms with Gasteiger partial charge in [0.1, 0.15) is 11.5 Å². The summed E-state index contributed by atoms with van der Waals surface area (Å²) in [6.07, 6.45) is 2.81. The molecular weight excluding hydrogens is 456 g/mol. The Bertz CT molecular complexity index is 1380. The molecular formula is C26H28N8O2. The van der Waals surface area contributed by atoms with E-state index in [2.05, 4.69) is 38.3 Å². The third kappa shape index (κ3) is 5.03. The Morgan fingerprint density at radius 2 is 1.86 bits per heavy atom. The van der Waals surface area contributed by atoms with E-state index in [1.165, 1.54) is 11.1 Å². The van der Waals surface area contributed by atoms with E-state index in [-0.39, 0.29) is 11.5 Å². The molecule has 0 heterocycles. The molecule has 1 aliphatic rings. The van der Waals surface area contributed by atoms with E-state index in [4.69, 9.17) is 11.7 Å². The average molecular weight is 485 g/mol. The van der Waals surface area contributed by atoms with Crippen molar-refractivity contribution in [1.82, 2.24) is 5.43 Å². The molecule has 0 saturated heterocycles. The standard InChI is InChI=1S/C26H28N8O2/c1-16(33-34(2)21-12-11-17-9-10-18(17)14-21)24(15-35)32-31-23-8-4-7-22(25(23)36)19-5-3-6-20(13-19)26(29-27)30-28/h3-8,11-15,31,36H,9-10,27-28H2,1-2H3,(H,29,30)/b32-24+,33-16-. The number of phenols is 1. The van der Waals surface area contributed by atoms with Crippen molar-refractivity contribution in [3.8, 4) is 16.9 Å². The van der Waals surface area contributed by atoms with Gasteiger partial charge in [0.2, 0.25) is 0 Å². The summed E-state index contributed by atoms with van der Waals surface area (Å²) in [5.74, 6) is 11.1. The SMILES string of the molecule is CC(=N/N(C)c1ccc2c(c1)CC2)/C(C=O)=N/Nc1cccc(-c2cccc(/C(=N/N)NN)c2)c1O. The number of benzene rings is 3. The lowest BCUT2D eigenvalue weighted by Gasteiger charge is -2.22. The summed E-state index contributed by atoms with van der Waals surface area (Å²) in [6, 6.07) is 18.6. The van der Waals surface area contributed by atoms with Crippen molar-refractivity contribution >= 4 is 34.9 Å². The van der Waals surface area contributed by atoms with Crippen molar-refractivity contribution in [3.63, 3.8) is 0 Å². The fourth-order valence-electron chi connectivity index (χ4n) is 3.93. The van der Waals surface area contributed by atoms with Gasteiger partial charge in [-0.25, -0.2) is 5.84 Å². The lowest BCUT2D eigenvalue weighted by Crippen LogP contribution is -2.32. The van der Waals surface area contributed by atoms with Crippen LogP contribution in [0.3, 0.4) is 0 Å². The van der Waals surface area contributed by atoms with E-state index in [9.17, 15) is 9.90 Å². The first-order valence-corrected chi connectivity index (χ1v) is 11.3. The molecule has 0 saturated carbocycles. The summed E-state index contributed by atoms with van der Waals surface area (Å²) < 4.78 is 0. The number of nitrogens with zero attached hydrogens (tertiary/aromatic N) is 4. The second-order valence-corrected chi connectivity index (χ2v) is 8.29. The molecule has 0 bridgehead atoms. The summed E-state index contributed by atoms with van der Waals surface area (Å²) in [7, 11) is 1.82. The molecule has 0 amide bonds. The van der Waals surface area contributed by atoms with Crippen molar-refractivity contribution in [2.45, 2.75) is 19.8 Å². The Morgan fingerprint density at radius 1 is 1.08 bits per heavy atom. The lowest BCUT2D eigenvalue weighted by atomic mass is 9.88. The predicted octanol–water partition coefficient (Wildman–Crippen LogP) is 2.72. The van der Waals surface area contributed by atoms with Crippen LogP contribution in [0.1, 0.15) is 23.6 Å². The molecule has 0 aliphatic heterocycles. The molecule has 0 atom stereocenters. The fraction of sp³-hybridized carbons (Fsp3) is 0.154. The van der Waals surface area contributed by atoms with Gasteiger partial charge in [-0.15, -0.1) is 0 Å². The van der Waals surface area contributed by atoms with Gasteiger partial charge in [-0.1, -0.05) is 36.4 Å². The minimum absolute atomic E-state index is 0.0376. The van der Waals surface area contributed by atoms with Crippen LogP contribution in [0.25, 0.3) is 11.1 Å². The number of phenolic OH excluding ortho intramolecular Hbond substituents is 1. The lowest BCUT2D eigenvalue weighted by molar-refractivity contribution is -0.102. The third-order valence-corrected chi connectivity index (χ3v) is 6.06. The number of aromatic hydroxyl groups is 1. The van der Waals surface area contributed by atoms with Gasteiger partial charge in [0.05, 0.1) is 17.1 Å². The van der Waals surface area contributed by atoms with Crippen LogP contribution in [0.4, 0.5) is 11.4 Å². The van der Waals surface area contributed by atoms with Gasteiger partial charge in [0.15, 0.2) is 12.1 Å². The minimum Gasteiger partial charge on any atom is -0.505 e.